The Morgan fingerprint density at radius 3 is 2.35 bits per heavy atom. The summed E-state index contributed by atoms with van der Waals surface area (Å²) in [5.41, 5.74) is 0. The summed E-state index contributed by atoms with van der Waals surface area (Å²) in [6.45, 7) is 1.22. The maximum atomic E-state index is 11.5. The molecule has 1 unspecified atom stereocenters. The third-order valence-electron chi connectivity index (χ3n) is 1.78. The van der Waals surface area contributed by atoms with E-state index in [1.165, 1.54) is 14.0 Å². The molecule has 0 fully saturated rings. The van der Waals surface area contributed by atoms with E-state index in [0.29, 0.717) is 0 Å². The minimum Gasteiger partial charge on any atom is -0.468 e. The Balaban J connectivity index is 4.48. The summed E-state index contributed by atoms with van der Waals surface area (Å²) in [7, 11) is -4.57. The Morgan fingerprint density at radius 2 is 1.94 bits per heavy atom. The third kappa shape index (κ3) is 6.56. The predicted octanol–water partition coefficient (Wildman–Crippen LogP) is -1.65. The van der Waals surface area contributed by atoms with Crippen LogP contribution < -0.4 is 0 Å². The maximum absolute atomic E-state index is 11.5. The van der Waals surface area contributed by atoms with Crippen LogP contribution in [0.1, 0.15) is 6.92 Å². The van der Waals surface area contributed by atoms with Crippen LogP contribution in [0.15, 0.2) is 0 Å². The van der Waals surface area contributed by atoms with E-state index in [0.717, 1.165) is 11.4 Å². The van der Waals surface area contributed by atoms with Crippen molar-refractivity contribution < 1.29 is 30.6 Å². The molecule has 0 aliphatic heterocycles. The highest BCUT2D eigenvalue weighted by Gasteiger charge is 2.24. The number of hydrogen-bond acceptors (Lipinski definition) is 7. The molecule has 0 rings (SSSR count). The molecule has 0 amide bonds. The lowest BCUT2D eigenvalue weighted by atomic mass is 10.4. The zero-order valence-electron chi connectivity index (χ0n) is 9.65. The van der Waals surface area contributed by atoms with Gasteiger partial charge in [-0.3, -0.25) is 8.98 Å². The fourth-order valence-corrected chi connectivity index (χ4v) is 2.41. The van der Waals surface area contributed by atoms with Crippen LogP contribution in [0, 0.1) is 0 Å². The quantitative estimate of drug-likeness (QED) is 0.442. The molecule has 0 radical (unpaired) electrons. The third-order valence-corrected chi connectivity index (χ3v) is 4.01. The van der Waals surface area contributed by atoms with Crippen molar-refractivity contribution in [1.82, 2.24) is 4.31 Å². The van der Waals surface area contributed by atoms with Crippen molar-refractivity contribution in [2.45, 2.75) is 13.0 Å². The molecular weight excluding hydrogens is 274 g/mol. The van der Waals surface area contributed by atoms with Gasteiger partial charge in [0.25, 0.3) is 11.0 Å². The van der Waals surface area contributed by atoms with Crippen molar-refractivity contribution in [1.29, 1.82) is 0 Å². The summed E-state index contributed by atoms with van der Waals surface area (Å²) in [5, 5.41) is 0. The number of nitrogens with zero attached hydrogens (tertiary/aromatic N) is 1. The molecule has 1 atom stereocenters. The number of ether oxygens (including phenoxy) is 1. The van der Waals surface area contributed by atoms with E-state index in [-0.39, 0.29) is 6.54 Å². The average molecular weight is 289 g/mol. The molecule has 8 nitrogen and oxygen atoms in total. The summed E-state index contributed by atoms with van der Waals surface area (Å²) < 4.78 is 53.0. The van der Waals surface area contributed by atoms with Crippen molar-refractivity contribution in [2.24, 2.45) is 0 Å². The van der Waals surface area contributed by atoms with E-state index in [9.17, 15) is 21.6 Å². The SMILES string of the molecule is COC(=O)CS(=O)(=O)N(C)CC(C)O[SH](=O)=O. The second-order valence-electron chi connectivity index (χ2n) is 3.25. The van der Waals surface area contributed by atoms with Gasteiger partial charge in [-0.05, 0) is 6.92 Å². The molecule has 0 saturated heterocycles. The van der Waals surface area contributed by atoms with E-state index in [1.54, 1.807) is 0 Å². The van der Waals surface area contributed by atoms with Gasteiger partial charge in [0, 0.05) is 13.6 Å². The Kier molecular flexibility index (Phi) is 6.60. The molecule has 0 bridgehead atoms. The Bertz CT molecular complexity index is 420. The number of methoxy groups -OCH3 is 1. The molecule has 0 saturated carbocycles. The lowest BCUT2D eigenvalue weighted by Crippen LogP contribution is -2.37. The first-order valence-corrected chi connectivity index (χ1v) is 7.21. The highest BCUT2D eigenvalue weighted by Crippen LogP contribution is 2.03. The Labute approximate surface area is 102 Å². The van der Waals surface area contributed by atoms with E-state index in [1.807, 2.05) is 0 Å². The first kappa shape index (κ1) is 16.3. The Hall–Kier alpha value is -0.710. The number of likely N-dealkylation sites (N-methyl/N-ethyl adjacent to an activating group) is 1. The second kappa shape index (κ2) is 6.89. The van der Waals surface area contributed by atoms with Crippen LogP contribution in [0.25, 0.3) is 0 Å². The van der Waals surface area contributed by atoms with Crippen LogP contribution in [0.5, 0.6) is 0 Å². The fourth-order valence-electron chi connectivity index (χ4n) is 0.974. The zero-order chi connectivity index (χ0) is 13.6. The van der Waals surface area contributed by atoms with Gasteiger partial charge < -0.3 is 4.74 Å². The summed E-state index contributed by atoms with van der Waals surface area (Å²) >= 11 is 0. The standard InChI is InChI=1S/C7H15NO7S2/c1-6(15-16(10)11)4-8(2)17(12,13)5-7(9)14-3/h6,16H,4-5H2,1-3H3. The smallest absolute Gasteiger partial charge is 0.322 e. The summed E-state index contributed by atoms with van der Waals surface area (Å²) in [6.07, 6.45) is -0.825. The van der Waals surface area contributed by atoms with Crippen LogP contribution in [-0.2, 0) is 34.7 Å². The summed E-state index contributed by atoms with van der Waals surface area (Å²) in [5.74, 6) is -1.68. The number of carbonyl (C=O) groups excluding carboxylic acids is 1. The fraction of sp³-hybridized carbons (Fsp3) is 0.857. The molecule has 102 valence electrons. The lowest BCUT2D eigenvalue weighted by Gasteiger charge is -2.19. The Morgan fingerprint density at radius 1 is 1.41 bits per heavy atom. The molecular formula is C7H15NO7S2. The highest BCUT2D eigenvalue weighted by molar-refractivity contribution is 7.89. The van der Waals surface area contributed by atoms with Gasteiger partial charge in [-0.15, -0.1) is 0 Å². The molecule has 0 aromatic carbocycles. The van der Waals surface area contributed by atoms with Gasteiger partial charge in [0.15, 0.2) is 5.75 Å². The van der Waals surface area contributed by atoms with Gasteiger partial charge in [0.05, 0.1) is 13.2 Å². The van der Waals surface area contributed by atoms with E-state index >= 15 is 0 Å². The lowest BCUT2D eigenvalue weighted by molar-refractivity contribution is -0.137. The molecule has 0 aromatic rings. The zero-order valence-corrected chi connectivity index (χ0v) is 11.4. The monoisotopic (exact) mass is 289 g/mol. The maximum Gasteiger partial charge on any atom is 0.322 e. The van der Waals surface area contributed by atoms with Crippen LogP contribution in [0.4, 0.5) is 0 Å². The first-order chi connectivity index (χ1) is 7.69. The van der Waals surface area contributed by atoms with Crippen LogP contribution in [-0.4, -0.2) is 59.7 Å². The molecule has 17 heavy (non-hydrogen) atoms. The summed E-state index contributed by atoms with van der Waals surface area (Å²) in [6, 6.07) is 0. The van der Waals surface area contributed by atoms with Gasteiger partial charge in [-0.1, -0.05) is 0 Å². The number of sulfonamides is 1. The molecule has 0 aliphatic rings. The van der Waals surface area contributed by atoms with Gasteiger partial charge in [0.1, 0.15) is 0 Å². The summed E-state index contributed by atoms with van der Waals surface area (Å²) in [4.78, 5) is 10.8. The molecule has 0 heterocycles. The number of thiol groups is 1. The van der Waals surface area contributed by atoms with E-state index < -0.39 is 38.8 Å². The largest absolute Gasteiger partial charge is 0.468 e. The molecule has 10 heteroatoms. The van der Waals surface area contributed by atoms with Gasteiger partial charge >= 0.3 is 5.97 Å². The molecule has 0 N–H and O–H groups in total. The van der Waals surface area contributed by atoms with Gasteiger partial charge in [0.2, 0.25) is 10.0 Å². The molecule has 0 spiro atoms. The predicted molar refractivity (Wildman–Crippen MR) is 59.3 cm³/mol. The number of rotatable bonds is 7. The van der Waals surface area contributed by atoms with Gasteiger partial charge in [-0.2, -0.15) is 0 Å². The van der Waals surface area contributed by atoms with Crippen molar-refractivity contribution in [3.8, 4) is 0 Å². The van der Waals surface area contributed by atoms with Crippen molar-refractivity contribution in [3.63, 3.8) is 0 Å². The van der Waals surface area contributed by atoms with Crippen LogP contribution in [0.3, 0.4) is 0 Å². The molecule has 0 aliphatic carbocycles. The van der Waals surface area contributed by atoms with Crippen molar-refractivity contribution in [3.05, 3.63) is 0 Å². The second-order valence-corrected chi connectivity index (χ2v) is 5.99. The van der Waals surface area contributed by atoms with Crippen molar-refractivity contribution in [2.75, 3.05) is 26.5 Å². The number of carbonyl (C=O) groups is 1. The molecule has 0 aromatic heterocycles. The van der Waals surface area contributed by atoms with Crippen molar-refractivity contribution >= 4 is 27.0 Å². The highest BCUT2D eigenvalue weighted by atomic mass is 32.2. The van der Waals surface area contributed by atoms with Gasteiger partial charge in [-0.25, -0.2) is 21.1 Å². The number of hydrogen-bond donors (Lipinski definition) is 1. The number of esters is 1. The normalized spacial score (nSPS) is 13.9. The topological polar surface area (TPSA) is 107 Å². The minimum atomic E-state index is -3.82. The van der Waals surface area contributed by atoms with E-state index in [2.05, 4.69) is 8.92 Å². The van der Waals surface area contributed by atoms with E-state index in [4.69, 9.17) is 0 Å². The van der Waals surface area contributed by atoms with Crippen LogP contribution in [0.2, 0.25) is 0 Å². The average Bonchev–Trinajstić information content (AvgIpc) is 2.15. The first-order valence-electron chi connectivity index (χ1n) is 4.51. The minimum absolute atomic E-state index is 0.178. The van der Waals surface area contributed by atoms with Crippen LogP contribution >= 0.6 is 0 Å².